The zero-order valence-electron chi connectivity index (χ0n) is 12.4. The number of likely N-dealkylation sites (N-methyl/N-ethyl adjacent to an activating group) is 1. The first-order valence-electron chi connectivity index (χ1n) is 7.61. The monoisotopic (exact) mass is 254 g/mol. The zero-order chi connectivity index (χ0) is 13.0. The summed E-state index contributed by atoms with van der Waals surface area (Å²) in [5, 5.41) is 2.43. The minimum absolute atomic E-state index is 0.632. The fourth-order valence-electron chi connectivity index (χ4n) is 3.10. The van der Waals surface area contributed by atoms with Gasteiger partial charge in [0.1, 0.15) is 0 Å². The quantitative estimate of drug-likeness (QED) is 0.803. The zero-order valence-corrected chi connectivity index (χ0v) is 12.4. The predicted octanol–water partition coefficient (Wildman–Crippen LogP) is 0.859. The molecule has 4 nitrogen and oxygen atoms in total. The molecule has 1 unspecified atom stereocenters. The minimum Gasteiger partial charge on any atom is -0.304 e. The van der Waals surface area contributed by atoms with Crippen molar-refractivity contribution in [3.8, 4) is 0 Å². The van der Waals surface area contributed by atoms with Crippen LogP contribution in [0.15, 0.2) is 0 Å². The Morgan fingerprint density at radius 3 is 2.22 bits per heavy atom. The maximum Gasteiger partial charge on any atom is 0.0259 e. The normalized spacial score (nSPS) is 27.5. The highest BCUT2D eigenvalue weighted by Crippen LogP contribution is 2.20. The van der Waals surface area contributed by atoms with Gasteiger partial charge in [-0.2, -0.15) is 0 Å². The molecule has 2 heterocycles. The van der Waals surface area contributed by atoms with E-state index in [-0.39, 0.29) is 0 Å². The molecular formula is C14H30N4. The fourth-order valence-corrected chi connectivity index (χ4v) is 3.10. The van der Waals surface area contributed by atoms with Gasteiger partial charge in [-0.3, -0.25) is 5.43 Å². The van der Waals surface area contributed by atoms with Crippen molar-refractivity contribution in [2.75, 3.05) is 52.9 Å². The molecule has 0 spiro atoms. The lowest BCUT2D eigenvalue weighted by Gasteiger charge is -2.39. The van der Waals surface area contributed by atoms with Crippen LogP contribution < -0.4 is 5.43 Å². The Kier molecular flexibility index (Phi) is 5.42. The van der Waals surface area contributed by atoms with E-state index < -0.39 is 0 Å². The van der Waals surface area contributed by atoms with Crippen LogP contribution in [0.3, 0.4) is 0 Å². The summed E-state index contributed by atoms with van der Waals surface area (Å²) in [6.45, 7) is 13.1. The maximum absolute atomic E-state index is 3.73. The largest absolute Gasteiger partial charge is 0.304 e. The molecule has 1 N–H and O–H groups in total. The van der Waals surface area contributed by atoms with E-state index in [1.165, 1.54) is 45.6 Å². The number of hydrogen-bond acceptors (Lipinski definition) is 4. The van der Waals surface area contributed by atoms with Gasteiger partial charge in [0.05, 0.1) is 0 Å². The van der Waals surface area contributed by atoms with E-state index in [9.17, 15) is 0 Å². The van der Waals surface area contributed by atoms with Crippen molar-refractivity contribution >= 4 is 0 Å². The van der Waals surface area contributed by atoms with Gasteiger partial charge in [-0.25, -0.2) is 5.01 Å². The van der Waals surface area contributed by atoms with Gasteiger partial charge in [-0.05, 0) is 52.4 Å². The van der Waals surface area contributed by atoms with Crippen LogP contribution in [0.25, 0.3) is 0 Å². The smallest absolute Gasteiger partial charge is 0.0259 e. The molecule has 0 amide bonds. The van der Waals surface area contributed by atoms with E-state index in [1.807, 2.05) is 0 Å². The Hall–Kier alpha value is -0.160. The highest BCUT2D eigenvalue weighted by atomic mass is 15.5. The van der Waals surface area contributed by atoms with E-state index in [1.54, 1.807) is 0 Å². The Labute approximate surface area is 112 Å². The van der Waals surface area contributed by atoms with Crippen molar-refractivity contribution in [1.29, 1.82) is 0 Å². The van der Waals surface area contributed by atoms with Crippen LogP contribution in [0.4, 0.5) is 0 Å². The highest BCUT2D eigenvalue weighted by Gasteiger charge is 2.25. The van der Waals surface area contributed by atoms with Gasteiger partial charge in [0.2, 0.25) is 0 Å². The minimum atomic E-state index is 0.632. The van der Waals surface area contributed by atoms with Gasteiger partial charge in [0, 0.05) is 32.2 Å². The lowest BCUT2D eigenvalue weighted by molar-refractivity contribution is 0.0637. The van der Waals surface area contributed by atoms with E-state index >= 15 is 0 Å². The molecule has 0 aromatic heterocycles. The lowest BCUT2D eigenvalue weighted by atomic mass is 9.91. The topological polar surface area (TPSA) is 21.8 Å². The second kappa shape index (κ2) is 6.85. The number of nitrogens with zero attached hydrogens (tertiary/aromatic N) is 3. The molecule has 4 heteroatoms. The lowest BCUT2D eigenvalue weighted by Crippen LogP contribution is -2.55. The van der Waals surface area contributed by atoms with E-state index in [0.717, 1.165) is 19.0 Å². The molecular weight excluding hydrogens is 224 g/mol. The number of likely N-dealkylation sites (tertiary alicyclic amines) is 1. The third kappa shape index (κ3) is 3.92. The Morgan fingerprint density at radius 2 is 1.67 bits per heavy atom. The summed E-state index contributed by atoms with van der Waals surface area (Å²) >= 11 is 0. The first kappa shape index (κ1) is 14.3. The molecule has 0 radical (unpaired) electrons. The van der Waals surface area contributed by atoms with Gasteiger partial charge in [-0.15, -0.1) is 0 Å². The molecule has 2 fully saturated rings. The Bertz CT molecular complexity index is 230. The molecule has 106 valence electrons. The van der Waals surface area contributed by atoms with Crippen molar-refractivity contribution in [3.05, 3.63) is 0 Å². The molecule has 0 aromatic rings. The third-order valence-electron chi connectivity index (χ3n) is 4.68. The summed E-state index contributed by atoms with van der Waals surface area (Å²) in [7, 11) is 2.21. The van der Waals surface area contributed by atoms with Crippen molar-refractivity contribution < 1.29 is 0 Å². The first-order valence-corrected chi connectivity index (χ1v) is 7.61. The molecule has 0 bridgehead atoms. The van der Waals surface area contributed by atoms with Crippen molar-refractivity contribution in [3.63, 3.8) is 0 Å². The average Bonchev–Trinajstić information content (AvgIpc) is 2.41. The van der Waals surface area contributed by atoms with Crippen LogP contribution in [0.2, 0.25) is 0 Å². The third-order valence-corrected chi connectivity index (χ3v) is 4.68. The van der Waals surface area contributed by atoms with Gasteiger partial charge in [0.15, 0.2) is 0 Å². The van der Waals surface area contributed by atoms with Gasteiger partial charge in [0.25, 0.3) is 0 Å². The maximum atomic E-state index is 3.73. The van der Waals surface area contributed by atoms with Crippen LogP contribution in [-0.2, 0) is 0 Å². The highest BCUT2D eigenvalue weighted by molar-refractivity contribution is 4.79. The summed E-state index contributed by atoms with van der Waals surface area (Å²) < 4.78 is 0. The summed E-state index contributed by atoms with van der Waals surface area (Å²) in [5.74, 6) is 0.854. The number of hydrogen-bond donors (Lipinski definition) is 1. The van der Waals surface area contributed by atoms with Crippen molar-refractivity contribution in [2.45, 2.75) is 32.7 Å². The molecule has 2 aliphatic heterocycles. The Balaban J connectivity index is 1.70. The molecule has 0 aliphatic carbocycles. The molecule has 2 rings (SSSR count). The standard InChI is InChI=1S/C14H30N4/c1-4-17-7-5-14(6-8-17)13(2)15-18-11-9-16(3)10-12-18/h13-15H,4-12H2,1-3H3. The number of nitrogens with one attached hydrogen (secondary N) is 1. The molecule has 1 atom stereocenters. The number of piperazine rings is 1. The second-order valence-electron chi connectivity index (χ2n) is 5.98. The number of hydrazine groups is 1. The Morgan fingerprint density at radius 1 is 1.06 bits per heavy atom. The average molecular weight is 254 g/mol. The van der Waals surface area contributed by atoms with E-state index in [0.29, 0.717) is 6.04 Å². The SMILES string of the molecule is CCN1CCC(C(C)NN2CCN(C)CC2)CC1. The molecule has 0 saturated carbocycles. The molecule has 18 heavy (non-hydrogen) atoms. The van der Waals surface area contributed by atoms with Crippen LogP contribution >= 0.6 is 0 Å². The summed E-state index contributed by atoms with van der Waals surface area (Å²) in [4.78, 5) is 4.97. The van der Waals surface area contributed by atoms with E-state index in [4.69, 9.17) is 0 Å². The molecule has 0 aromatic carbocycles. The number of piperidine rings is 1. The summed E-state index contributed by atoms with van der Waals surface area (Å²) in [6, 6.07) is 0.632. The van der Waals surface area contributed by atoms with Crippen molar-refractivity contribution in [2.24, 2.45) is 5.92 Å². The van der Waals surface area contributed by atoms with Crippen molar-refractivity contribution in [1.82, 2.24) is 20.2 Å². The van der Waals surface area contributed by atoms with Crippen LogP contribution in [0.5, 0.6) is 0 Å². The number of rotatable bonds is 4. The molecule has 2 aliphatic rings. The second-order valence-corrected chi connectivity index (χ2v) is 5.98. The summed E-state index contributed by atoms with van der Waals surface area (Å²) in [6.07, 6.45) is 2.71. The summed E-state index contributed by atoms with van der Waals surface area (Å²) in [5.41, 5.74) is 3.73. The van der Waals surface area contributed by atoms with Crippen LogP contribution in [-0.4, -0.2) is 73.7 Å². The first-order chi connectivity index (χ1) is 8.69. The van der Waals surface area contributed by atoms with Crippen LogP contribution in [0.1, 0.15) is 26.7 Å². The van der Waals surface area contributed by atoms with Crippen LogP contribution in [0, 0.1) is 5.92 Å². The predicted molar refractivity (Wildman–Crippen MR) is 76.5 cm³/mol. The van der Waals surface area contributed by atoms with E-state index in [2.05, 4.69) is 41.1 Å². The van der Waals surface area contributed by atoms with Gasteiger partial charge < -0.3 is 9.80 Å². The van der Waals surface area contributed by atoms with Gasteiger partial charge >= 0.3 is 0 Å². The fraction of sp³-hybridized carbons (Fsp3) is 1.00. The van der Waals surface area contributed by atoms with Gasteiger partial charge in [-0.1, -0.05) is 6.92 Å². The molecule has 2 saturated heterocycles.